The minimum Gasteiger partial charge on any atom is -0.483 e. The van der Waals surface area contributed by atoms with Gasteiger partial charge in [-0.15, -0.1) is 0 Å². The van der Waals surface area contributed by atoms with Gasteiger partial charge in [-0.05, 0) is 50.0 Å². The van der Waals surface area contributed by atoms with E-state index in [1.807, 2.05) is 19.1 Å². The van der Waals surface area contributed by atoms with E-state index in [9.17, 15) is 4.79 Å². The highest BCUT2D eigenvalue weighted by molar-refractivity contribution is 5.93. The smallest absolute Gasteiger partial charge is 0.246 e. The molecule has 1 atom stereocenters. The second kappa shape index (κ2) is 7.20. The zero-order chi connectivity index (χ0) is 17.1. The molecule has 128 valence electrons. The van der Waals surface area contributed by atoms with Crippen molar-refractivity contribution in [3.8, 4) is 5.75 Å². The Hall–Kier alpha value is -2.10. The Labute approximate surface area is 144 Å². The number of carbonyl (C=O) groups is 1. The summed E-state index contributed by atoms with van der Waals surface area (Å²) >= 11 is 0. The molecule has 24 heavy (non-hydrogen) atoms. The average molecular weight is 326 g/mol. The van der Waals surface area contributed by atoms with E-state index in [-0.39, 0.29) is 12.0 Å². The molecule has 1 aromatic heterocycles. The molecule has 0 spiro atoms. The first-order valence-corrected chi connectivity index (χ1v) is 8.84. The minimum absolute atomic E-state index is 0.0154. The number of hydrogen-bond acceptors (Lipinski definition) is 3. The van der Waals surface area contributed by atoms with Crippen molar-refractivity contribution in [1.29, 1.82) is 0 Å². The standard InChI is InChI=1S/C20H26N2O2/c1-13(20(23)21-3)11-17-14(2)16-9-10-22-12-18(16)24-19(17)15-7-5-4-6-8-15/h9-12,15,19H,4-8H2,1-3H3,(H,21,23)/b13-11+. The molecule has 3 rings (SSSR count). The third-order valence-electron chi connectivity index (χ3n) is 5.22. The predicted octanol–water partition coefficient (Wildman–Crippen LogP) is 3.89. The van der Waals surface area contributed by atoms with Crippen LogP contribution in [0.3, 0.4) is 0 Å². The number of amides is 1. The highest BCUT2D eigenvalue weighted by atomic mass is 16.5. The van der Waals surface area contributed by atoms with Gasteiger partial charge in [0.05, 0.1) is 6.20 Å². The van der Waals surface area contributed by atoms with Gasteiger partial charge in [-0.2, -0.15) is 0 Å². The molecule has 1 fully saturated rings. The van der Waals surface area contributed by atoms with Crippen LogP contribution in [-0.2, 0) is 4.79 Å². The number of nitrogens with zero attached hydrogens (tertiary/aromatic N) is 1. The maximum atomic E-state index is 12.0. The van der Waals surface area contributed by atoms with Crippen LogP contribution in [0.5, 0.6) is 5.75 Å². The van der Waals surface area contributed by atoms with Gasteiger partial charge in [-0.1, -0.05) is 19.3 Å². The summed E-state index contributed by atoms with van der Waals surface area (Å²) in [5, 5.41) is 2.70. The van der Waals surface area contributed by atoms with Gasteiger partial charge in [-0.3, -0.25) is 9.78 Å². The summed E-state index contributed by atoms with van der Waals surface area (Å²) < 4.78 is 6.37. The van der Waals surface area contributed by atoms with Gasteiger partial charge in [-0.25, -0.2) is 0 Å². The second-order valence-corrected chi connectivity index (χ2v) is 6.80. The van der Waals surface area contributed by atoms with E-state index in [1.54, 1.807) is 19.4 Å². The van der Waals surface area contributed by atoms with Crippen molar-refractivity contribution in [2.24, 2.45) is 5.92 Å². The molecule has 1 saturated carbocycles. The molecule has 1 amide bonds. The number of nitrogens with one attached hydrogen (secondary N) is 1. The number of aromatic nitrogens is 1. The predicted molar refractivity (Wildman–Crippen MR) is 95.6 cm³/mol. The topological polar surface area (TPSA) is 51.2 Å². The van der Waals surface area contributed by atoms with Crippen LogP contribution >= 0.6 is 0 Å². The summed E-state index contributed by atoms with van der Waals surface area (Å²) in [5.74, 6) is 1.32. The Morgan fingerprint density at radius 3 is 2.79 bits per heavy atom. The van der Waals surface area contributed by atoms with Gasteiger partial charge in [0.25, 0.3) is 0 Å². The molecule has 1 aliphatic carbocycles. The van der Waals surface area contributed by atoms with E-state index in [0.717, 1.165) is 16.9 Å². The van der Waals surface area contributed by atoms with Crippen molar-refractivity contribution in [3.63, 3.8) is 0 Å². The molecule has 1 aromatic rings. The Kier molecular flexibility index (Phi) is 5.03. The first-order chi connectivity index (χ1) is 11.6. The minimum atomic E-state index is -0.0433. The molecule has 4 nitrogen and oxygen atoms in total. The second-order valence-electron chi connectivity index (χ2n) is 6.80. The summed E-state index contributed by atoms with van der Waals surface area (Å²) in [7, 11) is 1.66. The lowest BCUT2D eigenvalue weighted by Gasteiger charge is -2.36. The first kappa shape index (κ1) is 16.7. The summed E-state index contributed by atoms with van der Waals surface area (Å²) in [6.07, 6.45) is 11.8. The van der Waals surface area contributed by atoms with E-state index in [1.165, 1.54) is 37.7 Å². The number of ether oxygens (including phenoxy) is 1. The summed E-state index contributed by atoms with van der Waals surface area (Å²) in [6, 6.07) is 1.99. The third kappa shape index (κ3) is 3.23. The summed E-state index contributed by atoms with van der Waals surface area (Å²) in [5.41, 5.74) is 4.13. The van der Waals surface area contributed by atoms with E-state index < -0.39 is 0 Å². The van der Waals surface area contributed by atoms with E-state index >= 15 is 0 Å². The lowest BCUT2D eigenvalue weighted by atomic mass is 9.79. The summed E-state index contributed by atoms with van der Waals surface area (Å²) in [6.45, 7) is 3.99. The molecular formula is C20H26N2O2. The highest BCUT2D eigenvalue weighted by Crippen LogP contribution is 2.41. The van der Waals surface area contributed by atoms with Crippen molar-refractivity contribution in [3.05, 3.63) is 41.2 Å². The molecule has 1 N–H and O–H groups in total. The van der Waals surface area contributed by atoms with Crippen LogP contribution in [0.4, 0.5) is 0 Å². The van der Waals surface area contributed by atoms with E-state index in [2.05, 4.69) is 17.2 Å². The van der Waals surface area contributed by atoms with Crippen molar-refractivity contribution in [2.75, 3.05) is 7.05 Å². The van der Waals surface area contributed by atoms with E-state index in [4.69, 9.17) is 4.74 Å². The number of pyridine rings is 1. The monoisotopic (exact) mass is 326 g/mol. The number of likely N-dealkylation sites (N-methyl/N-ethyl adjacent to an activating group) is 1. The number of allylic oxidation sites excluding steroid dienone is 1. The van der Waals surface area contributed by atoms with Crippen LogP contribution in [0.1, 0.15) is 51.5 Å². The number of hydrogen-bond donors (Lipinski definition) is 1. The van der Waals surface area contributed by atoms with Crippen molar-refractivity contribution in [2.45, 2.75) is 52.1 Å². The Morgan fingerprint density at radius 2 is 2.08 bits per heavy atom. The fraction of sp³-hybridized carbons (Fsp3) is 0.500. The largest absolute Gasteiger partial charge is 0.483 e. The molecule has 0 saturated heterocycles. The average Bonchev–Trinajstić information content (AvgIpc) is 2.63. The number of carbonyl (C=O) groups excluding carboxylic acids is 1. The quantitative estimate of drug-likeness (QED) is 0.857. The fourth-order valence-corrected chi connectivity index (χ4v) is 3.83. The van der Waals surface area contributed by atoms with Gasteiger partial charge in [0.1, 0.15) is 11.9 Å². The summed E-state index contributed by atoms with van der Waals surface area (Å²) in [4.78, 5) is 16.2. The number of fused-ring (bicyclic) bond motifs is 1. The zero-order valence-electron chi connectivity index (χ0n) is 14.8. The van der Waals surface area contributed by atoms with Crippen molar-refractivity contribution < 1.29 is 9.53 Å². The molecule has 1 aliphatic heterocycles. The lowest BCUT2D eigenvalue weighted by Crippen LogP contribution is -2.33. The van der Waals surface area contributed by atoms with Gasteiger partial charge in [0.15, 0.2) is 0 Å². The third-order valence-corrected chi connectivity index (χ3v) is 5.22. The molecule has 2 heterocycles. The fourth-order valence-electron chi connectivity index (χ4n) is 3.83. The van der Waals surface area contributed by atoms with Crippen LogP contribution in [0, 0.1) is 5.92 Å². The lowest BCUT2D eigenvalue weighted by molar-refractivity contribution is -0.117. The maximum Gasteiger partial charge on any atom is 0.246 e. The van der Waals surface area contributed by atoms with Crippen LogP contribution in [0.15, 0.2) is 35.7 Å². The zero-order valence-corrected chi connectivity index (χ0v) is 14.8. The molecule has 0 aromatic carbocycles. The molecule has 0 bridgehead atoms. The van der Waals surface area contributed by atoms with Gasteiger partial charge in [0.2, 0.25) is 5.91 Å². The molecule has 1 unspecified atom stereocenters. The SMILES string of the molecule is CNC(=O)/C(C)=C/C1=C(C)c2ccncc2OC1C1CCCCC1. The van der Waals surface area contributed by atoms with Gasteiger partial charge >= 0.3 is 0 Å². The molecular weight excluding hydrogens is 300 g/mol. The highest BCUT2D eigenvalue weighted by Gasteiger charge is 2.33. The Bertz CT molecular complexity index is 685. The molecule has 0 radical (unpaired) electrons. The van der Waals surface area contributed by atoms with Crippen LogP contribution in [0.2, 0.25) is 0 Å². The van der Waals surface area contributed by atoms with Gasteiger partial charge in [0, 0.05) is 30.3 Å². The number of rotatable bonds is 3. The molecule has 2 aliphatic rings. The van der Waals surface area contributed by atoms with Crippen molar-refractivity contribution >= 4 is 11.5 Å². The Balaban J connectivity index is 2.04. The normalized spacial score (nSPS) is 22.0. The van der Waals surface area contributed by atoms with Crippen molar-refractivity contribution in [1.82, 2.24) is 10.3 Å². The Morgan fingerprint density at radius 1 is 1.33 bits per heavy atom. The van der Waals surface area contributed by atoms with Gasteiger partial charge < -0.3 is 10.1 Å². The van der Waals surface area contributed by atoms with Crippen LogP contribution < -0.4 is 10.1 Å². The van der Waals surface area contributed by atoms with Crippen LogP contribution in [0.25, 0.3) is 5.57 Å². The maximum absolute atomic E-state index is 12.0. The molecule has 4 heteroatoms. The first-order valence-electron chi connectivity index (χ1n) is 8.84. The van der Waals surface area contributed by atoms with E-state index in [0.29, 0.717) is 11.5 Å². The van der Waals surface area contributed by atoms with Crippen LogP contribution in [-0.4, -0.2) is 24.0 Å².